The summed E-state index contributed by atoms with van der Waals surface area (Å²) in [6.07, 6.45) is 0. The molecule has 1 heterocycles. The van der Waals surface area contributed by atoms with E-state index in [9.17, 15) is 14.7 Å². The molecule has 3 atom stereocenters. The zero-order valence-electron chi connectivity index (χ0n) is 11.3. The van der Waals surface area contributed by atoms with Gasteiger partial charge in [0.15, 0.2) is 0 Å². The van der Waals surface area contributed by atoms with Crippen LogP contribution < -0.4 is 26.8 Å². The molecule has 1 amide bonds. The number of rotatable bonds is 5. The Morgan fingerprint density at radius 1 is 1.56 bits per heavy atom. The first kappa shape index (κ1) is 16.0. The second-order valence-corrected chi connectivity index (χ2v) is 9.19. The summed E-state index contributed by atoms with van der Waals surface area (Å²) in [5.74, 6) is -0.947. The number of carbonyl (C=O) groups is 2. The molecule has 0 aromatic carbocycles. The molecular formula is C11H21IN2O3S. The van der Waals surface area contributed by atoms with Gasteiger partial charge in [-0.2, -0.15) is 0 Å². The van der Waals surface area contributed by atoms with Gasteiger partial charge in [0.2, 0.25) is 0 Å². The number of carboxylic acid groups (broad SMARTS) is 1. The van der Waals surface area contributed by atoms with Crippen LogP contribution in [0.3, 0.4) is 0 Å². The van der Waals surface area contributed by atoms with E-state index in [4.69, 9.17) is 0 Å². The first-order valence-corrected chi connectivity index (χ1v) is 9.20. The van der Waals surface area contributed by atoms with Crippen LogP contribution in [0.2, 0.25) is 0 Å². The molecule has 3 unspecified atom stereocenters. The molecule has 1 aliphatic heterocycles. The molecule has 106 valence electrons. The van der Waals surface area contributed by atoms with Crippen molar-refractivity contribution in [3.63, 3.8) is 0 Å². The molecule has 0 saturated carbocycles. The van der Waals surface area contributed by atoms with E-state index in [0.717, 1.165) is 0 Å². The Morgan fingerprint density at radius 2 is 2.06 bits per heavy atom. The summed E-state index contributed by atoms with van der Waals surface area (Å²) in [6, 6.07) is -0.652. The van der Waals surface area contributed by atoms with Gasteiger partial charge in [-0.1, -0.05) is 0 Å². The van der Waals surface area contributed by atoms with Crippen LogP contribution in [0.25, 0.3) is 0 Å². The van der Waals surface area contributed by atoms with Crippen LogP contribution in [0.1, 0.15) is 20.8 Å². The minimum atomic E-state index is -0.871. The Morgan fingerprint density at radius 3 is 2.33 bits per heavy atom. The van der Waals surface area contributed by atoms with E-state index in [1.54, 1.807) is 20.9 Å². The summed E-state index contributed by atoms with van der Waals surface area (Å²) >= 11 is 3.99. The van der Waals surface area contributed by atoms with E-state index in [-0.39, 0.29) is 5.91 Å². The van der Waals surface area contributed by atoms with Crippen molar-refractivity contribution in [1.82, 2.24) is 5.32 Å². The maximum absolute atomic E-state index is 12.0. The minimum absolute atomic E-state index is 0.0760. The molecule has 1 aliphatic rings. The molecule has 18 heavy (non-hydrogen) atoms. The van der Waals surface area contributed by atoms with Crippen LogP contribution in [-0.4, -0.2) is 54.5 Å². The van der Waals surface area contributed by atoms with Crippen molar-refractivity contribution in [2.45, 2.75) is 37.1 Å². The van der Waals surface area contributed by atoms with Gasteiger partial charge in [0.25, 0.3) is 0 Å². The van der Waals surface area contributed by atoms with E-state index in [1.165, 1.54) is 0 Å². The normalized spacial score (nSPS) is 33.0. The fourth-order valence-corrected chi connectivity index (χ4v) is 6.93. The van der Waals surface area contributed by atoms with Crippen molar-refractivity contribution < 1.29 is 38.9 Å². The molecule has 7 heteroatoms. The Balaban J connectivity index is 3.19. The number of carbonyl (C=O) groups excluding carboxylic acids is 1. The van der Waals surface area contributed by atoms with E-state index in [2.05, 4.69) is 17.9 Å². The van der Waals surface area contributed by atoms with Crippen molar-refractivity contribution in [2.75, 3.05) is 18.5 Å². The average Bonchev–Trinajstić information content (AvgIpc) is 2.82. The van der Waals surface area contributed by atoms with Crippen LogP contribution in [0, 0.1) is 0 Å². The van der Waals surface area contributed by atoms with Gasteiger partial charge >= 0.3 is 124 Å². The Kier molecular flexibility index (Phi) is 4.30. The number of quaternary nitrogens is 1. The first-order chi connectivity index (χ1) is 8.06. The molecule has 0 spiro atoms. The maximum atomic E-state index is 12.0. The molecular weight excluding hydrogens is 367 g/mol. The van der Waals surface area contributed by atoms with Gasteiger partial charge in [0.1, 0.15) is 0 Å². The second kappa shape index (κ2) is 4.82. The number of hydrogen-bond acceptors (Lipinski definition) is 3. The topological polar surface area (TPSA) is 66.4 Å². The molecule has 0 aromatic heterocycles. The summed E-state index contributed by atoms with van der Waals surface area (Å²) < 4.78 is -0.287. The number of hydrogen-bond donors (Lipinski definition) is 3. The first-order valence-electron chi connectivity index (χ1n) is 5.63. The number of likely N-dealkylation sites (N-methyl/N-ethyl adjacent to an activating group) is 1. The number of carboxylic acids is 1. The SMILES string of the molecule is CNC(=O)C1(C)C[N+]1([I-]C)C(C(=O)O)C(C)(C)S. The van der Waals surface area contributed by atoms with Gasteiger partial charge in [-0.25, -0.2) is 0 Å². The third-order valence-corrected chi connectivity index (χ3v) is 7.51. The predicted molar refractivity (Wildman–Crippen MR) is 68.0 cm³/mol. The summed E-state index contributed by atoms with van der Waals surface area (Å²) in [4.78, 5) is 25.6. The molecule has 5 nitrogen and oxygen atoms in total. The Hall–Kier alpha value is -0.0200. The average molecular weight is 388 g/mol. The van der Waals surface area contributed by atoms with Crippen molar-refractivity contribution in [3.8, 4) is 0 Å². The number of nitrogens with one attached hydrogen (secondary N) is 1. The molecule has 0 bridgehead atoms. The van der Waals surface area contributed by atoms with E-state index in [1.807, 2.05) is 11.9 Å². The van der Waals surface area contributed by atoms with Crippen LogP contribution in [0.15, 0.2) is 0 Å². The summed E-state index contributed by atoms with van der Waals surface area (Å²) in [5, 5.41) is 12.2. The van der Waals surface area contributed by atoms with Gasteiger partial charge in [-0.3, -0.25) is 0 Å². The van der Waals surface area contributed by atoms with Crippen molar-refractivity contribution in [3.05, 3.63) is 0 Å². The van der Waals surface area contributed by atoms with Crippen molar-refractivity contribution >= 4 is 24.5 Å². The monoisotopic (exact) mass is 388 g/mol. The fourth-order valence-electron chi connectivity index (χ4n) is 2.62. The van der Waals surface area contributed by atoms with Crippen molar-refractivity contribution in [1.29, 1.82) is 0 Å². The summed E-state index contributed by atoms with van der Waals surface area (Å²) in [5.41, 5.74) is -0.611. The number of amides is 1. The second-order valence-electron chi connectivity index (χ2n) is 5.35. The van der Waals surface area contributed by atoms with E-state index < -0.39 is 43.8 Å². The third kappa shape index (κ3) is 2.24. The molecule has 1 fully saturated rings. The van der Waals surface area contributed by atoms with E-state index in [0.29, 0.717) is 9.24 Å². The number of nitrogens with zero attached hydrogens (tertiary/aromatic N) is 1. The van der Waals surface area contributed by atoms with Crippen LogP contribution in [0.5, 0.6) is 0 Å². The quantitative estimate of drug-likeness (QED) is 0.156. The van der Waals surface area contributed by atoms with Gasteiger partial charge in [-0.15, -0.1) is 0 Å². The van der Waals surface area contributed by atoms with Crippen LogP contribution in [0.4, 0.5) is 0 Å². The Labute approximate surface area is 124 Å². The third-order valence-electron chi connectivity index (χ3n) is 3.59. The van der Waals surface area contributed by atoms with E-state index >= 15 is 0 Å². The standard InChI is InChI=1S/C11H21IN2O3S/c1-10(2,18)7(8(15)16)14(12-4)6-11(14,3)9(17)13-5/h7,18H,6H2,1-5H3,(H,13,17)(H,15,16). The Bertz CT molecular complexity index is 385. The van der Waals surface area contributed by atoms with Gasteiger partial charge in [0.05, 0.1) is 0 Å². The number of aliphatic carboxylic acids is 1. The zero-order chi connectivity index (χ0) is 14.4. The molecule has 0 aliphatic carbocycles. The predicted octanol–water partition coefficient (Wildman–Crippen LogP) is -2.88. The van der Waals surface area contributed by atoms with Gasteiger partial charge < -0.3 is 0 Å². The van der Waals surface area contributed by atoms with Crippen LogP contribution >= 0.6 is 12.6 Å². The zero-order valence-corrected chi connectivity index (χ0v) is 14.4. The number of alkyl halides is 1. The summed E-state index contributed by atoms with van der Waals surface area (Å²) in [6.45, 7) is 6.05. The van der Waals surface area contributed by atoms with Crippen molar-refractivity contribution in [2.24, 2.45) is 0 Å². The number of thiol groups is 1. The molecule has 0 aromatic rings. The summed E-state index contributed by atoms with van der Waals surface area (Å²) in [7, 11) is 1.59. The molecule has 1 saturated heterocycles. The molecule has 1 rings (SSSR count). The molecule has 2 N–H and O–H groups in total. The number of halogens is 1. The van der Waals surface area contributed by atoms with Crippen LogP contribution in [-0.2, 0) is 9.59 Å². The van der Waals surface area contributed by atoms with Gasteiger partial charge in [0, 0.05) is 0 Å². The van der Waals surface area contributed by atoms with Gasteiger partial charge in [-0.05, 0) is 0 Å². The molecule has 0 radical (unpaired) electrons. The fraction of sp³-hybridized carbons (Fsp3) is 0.818.